The van der Waals surface area contributed by atoms with Gasteiger partial charge < -0.3 is 9.97 Å². The molecule has 6 heteroatoms. The van der Waals surface area contributed by atoms with Crippen LogP contribution in [0.5, 0.6) is 0 Å². The number of aromatic amines is 2. The number of hydrogen-bond acceptors (Lipinski definition) is 4. The topological polar surface area (TPSA) is 83.1 Å². The van der Waals surface area contributed by atoms with Crippen LogP contribution < -0.4 is 0 Å². The van der Waals surface area contributed by atoms with Gasteiger partial charge in [-0.25, -0.2) is 19.9 Å². The molecule has 0 saturated heterocycles. The van der Waals surface area contributed by atoms with Crippen molar-refractivity contribution in [2.75, 3.05) is 0 Å². The number of fused-ring (bicyclic) bond motifs is 9. The number of rotatable bonds is 2. The van der Waals surface area contributed by atoms with Gasteiger partial charge in [-0.3, -0.25) is 0 Å². The molecule has 0 fully saturated rings. The first kappa shape index (κ1) is 19.2. The van der Waals surface area contributed by atoms with Crippen molar-refractivity contribution < 1.29 is 0 Å². The Hall–Kier alpha value is -4.32. The van der Waals surface area contributed by atoms with Crippen molar-refractivity contribution in [3.05, 3.63) is 72.7 Å². The zero-order chi connectivity index (χ0) is 23.0. The molecular formula is C28H22N6. The van der Waals surface area contributed by atoms with Gasteiger partial charge in [0.15, 0.2) is 0 Å². The van der Waals surface area contributed by atoms with Crippen LogP contribution in [0.1, 0.15) is 31.4 Å². The summed E-state index contributed by atoms with van der Waals surface area (Å²) in [4.78, 5) is 25.4. The van der Waals surface area contributed by atoms with Crippen molar-refractivity contribution in [2.24, 2.45) is 0 Å². The van der Waals surface area contributed by atoms with Gasteiger partial charge >= 0.3 is 0 Å². The second-order valence-electron chi connectivity index (χ2n) is 9.27. The maximum Gasteiger partial charge on any atom is 0.116 e. The minimum atomic E-state index is 0.306. The van der Waals surface area contributed by atoms with Gasteiger partial charge in [0, 0.05) is 28.3 Å². The fraction of sp³-hybridized carbons (Fsp3) is 0.143. The molecule has 3 aromatic heterocycles. The van der Waals surface area contributed by atoms with E-state index in [1.807, 2.05) is 13.1 Å². The zero-order valence-electron chi connectivity index (χ0n) is 19.1. The Bertz CT molecular complexity index is 1910. The summed E-state index contributed by atoms with van der Waals surface area (Å²) in [5, 5.41) is 5.58. The second kappa shape index (κ2) is 6.84. The van der Waals surface area contributed by atoms with E-state index in [0.29, 0.717) is 5.92 Å². The van der Waals surface area contributed by atoms with E-state index in [9.17, 15) is 0 Å². The SMILES string of the molecule is Cc1nc2c(ccc3cc(-c4ccc5c(c4)c4cncnc4c4[nH]c(C(C)C)nc54)ccc32)[nH]1. The number of H-pyrrole nitrogens is 2. The van der Waals surface area contributed by atoms with Crippen LogP contribution in [-0.2, 0) is 0 Å². The number of nitrogens with zero attached hydrogens (tertiary/aromatic N) is 4. The van der Waals surface area contributed by atoms with E-state index in [4.69, 9.17) is 4.98 Å². The first-order chi connectivity index (χ1) is 16.6. The summed E-state index contributed by atoms with van der Waals surface area (Å²) >= 11 is 0. The van der Waals surface area contributed by atoms with Crippen LogP contribution in [0, 0.1) is 6.92 Å². The molecule has 3 heterocycles. The molecule has 34 heavy (non-hydrogen) atoms. The first-order valence-electron chi connectivity index (χ1n) is 11.5. The molecule has 2 N–H and O–H groups in total. The highest BCUT2D eigenvalue weighted by Crippen LogP contribution is 2.36. The third-order valence-corrected chi connectivity index (χ3v) is 6.70. The highest BCUT2D eigenvalue weighted by atomic mass is 14.9. The summed E-state index contributed by atoms with van der Waals surface area (Å²) in [6.07, 6.45) is 3.51. The molecule has 0 aliphatic carbocycles. The van der Waals surface area contributed by atoms with Gasteiger partial charge in [0.25, 0.3) is 0 Å². The van der Waals surface area contributed by atoms with E-state index in [-0.39, 0.29) is 0 Å². The normalized spacial score (nSPS) is 12.2. The van der Waals surface area contributed by atoms with Crippen molar-refractivity contribution in [3.63, 3.8) is 0 Å². The largest absolute Gasteiger partial charge is 0.342 e. The summed E-state index contributed by atoms with van der Waals surface area (Å²) in [5.74, 6) is 2.21. The summed E-state index contributed by atoms with van der Waals surface area (Å²) in [7, 11) is 0. The molecule has 0 aliphatic rings. The summed E-state index contributed by atoms with van der Waals surface area (Å²) in [5.41, 5.74) is 7.25. The Morgan fingerprint density at radius 1 is 0.735 bits per heavy atom. The molecule has 0 saturated carbocycles. The zero-order valence-corrected chi connectivity index (χ0v) is 19.1. The lowest BCUT2D eigenvalue weighted by Gasteiger charge is -2.09. The van der Waals surface area contributed by atoms with E-state index >= 15 is 0 Å². The number of aromatic nitrogens is 6. The number of imidazole rings is 2. The molecule has 0 amide bonds. The molecule has 7 rings (SSSR count). The molecule has 0 atom stereocenters. The smallest absolute Gasteiger partial charge is 0.116 e. The Morgan fingerprint density at radius 3 is 2.41 bits per heavy atom. The first-order valence-corrected chi connectivity index (χ1v) is 11.5. The van der Waals surface area contributed by atoms with Crippen LogP contribution in [0.15, 0.2) is 61.1 Å². The maximum absolute atomic E-state index is 4.94. The fourth-order valence-electron chi connectivity index (χ4n) is 5.02. The molecule has 0 radical (unpaired) electrons. The monoisotopic (exact) mass is 442 g/mol. The predicted molar refractivity (Wildman–Crippen MR) is 138 cm³/mol. The van der Waals surface area contributed by atoms with Crippen molar-refractivity contribution in [1.82, 2.24) is 29.9 Å². The minimum Gasteiger partial charge on any atom is -0.342 e. The van der Waals surface area contributed by atoms with Crippen LogP contribution in [0.4, 0.5) is 0 Å². The van der Waals surface area contributed by atoms with Crippen molar-refractivity contribution >= 4 is 54.5 Å². The Morgan fingerprint density at radius 2 is 1.56 bits per heavy atom. The third-order valence-electron chi connectivity index (χ3n) is 6.70. The van der Waals surface area contributed by atoms with Crippen molar-refractivity contribution in [3.8, 4) is 11.1 Å². The minimum absolute atomic E-state index is 0.306. The van der Waals surface area contributed by atoms with Crippen LogP contribution in [0.25, 0.3) is 65.6 Å². The summed E-state index contributed by atoms with van der Waals surface area (Å²) in [6.45, 7) is 6.28. The number of benzene rings is 4. The van der Waals surface area contributed by atoms with Gasteiger partial charge in [0.1, 0.15) is 18.0 Å². The number of nitrogens with one attached hydrogen (secondary N) is 2. The summed E-state index contributed by atoms with van der Waals surface area (Å²) < 4.78 is 0. The lowest BCUT2D eigenvalue weighted by Crippen LogP contribution is -1.88. The average molecular weight is 443 g/mol. The van der Waals surface area contributed by atoms with Crippen LogP contribution >= 0.6 is 0 Å². The average Bonchev–Trinajstić information content (AvgIpc) is 3.47. The standard InChI is InChI=1S/C28H22N6/c1-14(2)28-33-26-20-8-5-17(11-21(20)22-12-29-13-30-25(22)27(26)34-28)16-4-7-19-18(10-16)6-9-23-24(19)32-15(3)31-23/h4-14H,1-3H3,(H,31,32)(H,33,34). The van der Waals surface area contributed by atoms with Crippen LogP contribution in [0.2, 0.25) is 0 Å². The highest BCUT2D eigenvalue weighted by Gasteiger charge is 2.16. The molecule has 7 aromatic rings. The molecular weight excluding hydrogens is 420 g/mol. The molecule has 0 unspecified atom stereocenters. The molecule has 0 bridgehead atoms. The molecule has 0 aliphatic heterocycles. The maximum atomic E-state index is 4.94. The van der Waals surface area contributed by atoms with Gasteiger partial charge in [-0.2, -0.15) is 0 Å². The van der Waals surface area contributed by atoms with Gasteiger partial charge in [-0.1, -0.05) is 44.2 Å². The Balaban J connectivity index is 1.49. The van der Waals surface area contributed by atoms with E-state index in [1.54, 1.807) is 6.33 Å². The lowest BCUT2D eigenvalue weighted by atomic mass is 9.96. The summed E-state index contributed by atoms with van der Waals surface area (Å²) in [6, 6.07) is 17.4. The van der Waals surface area contributed by atoms with Crippen LogP contribution in [0.3, 0.4) is 0 Å². The lowest BCUT2D eigenvalue weighted by molar-refractivity contribution is 0.799. The van der Waals surface area contributed by atoms with Gasteiger partial charge in [0.05, 0.1) is 27.6 Å². The number of hydrogen-bond donors (Lipinski definition) is 2. The highest BCUT2D eigenvalue weighted by molar-refractivity contribution is 6.22. The third kappa shape index (κ3) is 2.68. The van der Waals surface area contributed by atoms with E-state index < -0.39 is 0 Å². The van der Waals surface area contributed by atoms with E-state index in [2.05, 4.69) is 87.3 Å². The van der Waals surface area contributed by atoms with E-state index in [0.717, 1.165) is 71.9 Å². The van der Waals surface area contributed by atoms with Gasteiger partial charge in [-0.15, -0.1) is 0 Å². The molecule has 164 valence electrons. The quantitative estimate of drug-likeness (QED) is 0.289. The van der Waals surface area contributed by atoms with E-state index in [1.165, 1.54) is 5.39 Å². The Kier molecular flexibility index (Phi) is 3.86. The van der Waals surface area contributed by atoms with Crippen molar-refractivity contribution in [2.45, 2.75) is 26.7 Å². The van der Waals surface area contributed by atoms with Gasteiger partial charge in [0.2, 0.25) is 0 Å². The van der Waals surface area contributed by atoms with Gasteiger partial charge in [-0.05, 0) is 47.0 Å². The van der Waals surface area contributed by atoms with Crippen LogP contribution in [-0.4, -0.2) is 29.9 Å². The molecule has 6 nitrogen and oxygen atoms in total. The predicted octanol–water partition coefficient (Wildman–Crippen LogP) is 6.79. The molecule has 4 aromatic carbocycles. The Labute approximate surface area is 195 Å². The number of aryl methyl sites for hydroxylation is 1. The molecule has 0 spiro atoms. The van der Waals surface area contributed by atoms with Crippen molar-refractivity contribution in [1.29, 1.82) is 0 Å². The second-order valence-corrected chi connectivity index (χ2v) is 9.27. The fourth-order valence-corrected chi connectivity index (χ4v) is 5.02.